The Kier molecular flexibility index (Phi) is 2.87. The van der Waals surface area contributed by atoms with Crippen molar-refractivity contribution in [3.8, 4) is 5.88 Å². The SMILES string of the molecule is Cc1ccc2c(c1)=CC(=Cc1sc(=O)[nH]c1O)C(=O)N=2. The second kappa shape index (κ2) is 4.57. The molecule has 0 bridgehead atoms. The van der Waals surface area contributed by atoms with Crippen LogP contribution in [0.5, 0.6) is 5.88 Å². The normalized spacial score (nSPS) is 15.7. The number of benzene rings is 1. The van der Waals surface area contributed by atoms with Crippen molar-refractivity contribution in [1.82, 2.24) is 4.98 Å². The average molecular weight is 286 g/mol. The Labute approximate surface area is 117 Å². The van der Waals surface area contributed by atoms with E-state index < -0.39 is 0 Å². The number of carbonyl (C=O) groups excluding carboxylic acids is 1. The molecule has 100 valence electrons. The number of fused-ring (bicyclic) bond motifs is 1. The molecule has 6 heteroatoms. The minimum atomic E-state index is -0.387. The van der Waals surface area contributed by atoms with Crippen molar-refractivity contribution in [1.29, 1.82) is 0 Å². The third kappa shape index (κ3) is 2.21. The van der Waals surface area contributed by atoms with Gasteiger partial charge in [-0.2, -0.15) is 0 Å². The number of aromatic hydroxyl groups is 1. The van der Waals surface area contributed by atoms with Gasteiger partial charge in [-0.1, -0.05) is 23.0 Å². The fourth-order valence-electron chi connectivity index (χ4n) is 1.97. The van der Waals surface area contributed by atoms with Gasteiger partial charge in [0.25, 0.3) is 5.91 Å². The smallest absolute Gasteiger partial charge is 0.307 e. The third-order valence-corrected chi connectivity index (χ3v) is 3.72. The first-order valence-corrected chi connectivity index (χ1v) is 6.70. The Morgan fingerprint density at radius 2 is 2.15 bits per heavy atom. The number of aryl methyl sites for hydroxylation is 1. The first kappa shape index (κ1) is 12.6. The predicted octanol–water partition coefficient (Wildman–Crippen LogP) is 0.474. The van der Waals surface area contributed by atoms with E-state index in [2.05, 4.69) is 9.98 Å². The summed E-state index contributed by atoms with van der Waals surface area (Å²) in [5.74, 6) is -0.620. The fraction of sp³-hybridized carbons (Fsp3) is 0.0714. The van der Waals surface area contributed by atoms with Gasteiger partial charge in [-0.15, -0.1) is 0 Å². The highest BCUT2D eigenvalue weighted by Crippen LogP contribution is 2.20. The van der Waals surface area contributed by atoms with E-state index in [0.717, 1.165) is 22.1 Å². The van der Waals surface area contributed by atoms with E-state index in [0.29, 0.717) is 15.8 Å². The number of aromatic amines is 1. The van der Waals surface area contributed by atoms with Gasteiger partial charge in [0.15, 0.2) is 0 Å². The third-order valence-electron chi connectivity index (χ3n) is 2.91. The summed E-state index contributed by atoms with van der Waals surface area (Å²) in [5, 5.41) is 11.0. The van der Waals surface area contributed by atoms with Gasteiger partial charge in [0.2, 0.25) is 5.88 Å². The molecule has 3 rings (SSSR count). The van der Waals surface area contributed by atoms with E-state index in [1.807, 2.05) is 19.1 Å². The molecule has 2 heterocycles. The molecule has 0 spiro atoms. The summed E-state index contributed by atoms with van der Waals surface area (Å²) in [6.07, 6.45) is 3.18. The van der Waals surface area contributed by atoms with E-state index in [-0.39, 0.29) is 16.7 Å². The molecule has 0 aliphatic carbocycles. The van der Waals surface area contributed by atoms with Gasteiger partial charge in [0.1, 0.15) is 0 Å². The number of hydrogen-bond donors (Lipinski definition) is 2. The van der Waals surface area contributed by atoms with Crippen LogP contribution in [0.2, 0.25) is 0 Å². The van der Waals surface area contributed by atoms with Crippen molar-refractivity contribution in [2.45, 2.75) is 6.92 Å². The van der Waals surface area contributed by atoms with Crippen LogP contribution in [-0.2, 0) is 4.79 Å². The summed E-state index contributed by atoms with van der Waals surface area (Å²) < 4.78 is 0. The van der Waals surface area contributed by atoms with Crippen LogP contribution in [0.1, 0.15) is 10.4 Å². The number of nitrogens with one attached hydrogen (secondary N) is 1. The highest BCUT2D eigenvalue weighted by molar-refractivity contribution is 7.10. The van der Waals surface area contributed by atoms with E-state index in [9.17, 15) is 14.7 Å². The second-order valence-corrected chi connectivity index (χ2v) is 5.47. The number of amides is 1. The summed E-state index contributed by atoms with van der Waals surface area (Å²) in [5.41, 5.74) is 1.41. The standard InChI is InChI=1S/C14H10N2O3S/c1-7-2-3-10-8(4-7)5-9(12(17)15-10)6-11-13(18)16-14(19)20-11/h2-6,18H,1H3,(H,16,19). The molecule has 1 aliphatic heterocycles. The van der Waals surface area contributed by atoms with Crippen LogP contribution in [-0.4, -0.2) is 16.0 Å². The number of carbonyl (C=O) groups is 1. The summed E-state index contributed by atoms with van der Waals surface area (Å²) in [6.45, 7) is 1.96. The predicted molar refractivity (Wildman–Crippen MR) is 76.0 cm³/mol. The number of H-pyrrole nitrogens is 1. The molecule has 0 unspecified atom stereocenters. The highest BCUT2D eigenvalue weighted by Gasteiger charge is 2.13. The van der Waals surface area contributed by atoms with Crippen LogP contribution < -0.4 is 15.4 Å². The molecule has 2 N–H and O–H groups in total. The molecule has 1 aromatic heterocycles. The molecule has 0 saturated heterocycles. The number of nitrogens with zero attached hydrogens (tertiary/aromatic N) is 1. The van der Waals surface area contributed by atoms with E-state index in [1.165, 1.54) is 6.08 Å². The zero-order valence-corrected chi connectivity index (χ0v) is 11.3. The number of aromatic nitrogens is 1. The molecule has 0 atom stereocenters. The maximum Gasteiger partial charge on any atom is 0.307 e. The van der Waals surface area contributed by atoms with Gasteiger partial charge in [0.05, 0.1) is 10.2 Å². The molecule has 20 heavy (non-hydrogen) atoms. The molecule has 1 amide bonds. The van der Waals surface area contributed by atoms with Gasteiger partial charge in [-0.05, 0) is 31.2 Å². The molecular formula is C14H10N2O3S. The Hall–Kier alpha value is -2.47. The van der Waals surface area contributed by atoms with Gasteiger partial charge >= 0.3 is 4.87 Å². The molecule has 0 saturated carbocycles. The highest BCUT2D eigenvalue weighted by atomic mass is 32.1. The van der Waals surface area contributed by atoms with Crippen molar-refractivity contribution in [3.63, 3.8) is 0 Å². The maximum absolute atomic E-state index is 11.9. The summed E-state index contributed by atoms with van der Waals surface area (Å²) in [4.78, 5) is 29.3. The fourth-order valence-corrected chi connectivity index (χ4v) is 2.65. The van der Waals surface area contributed by atoms with Crippen molar-refractivity contribution in [2.75, 3.05) is 0 Å². The molecule has 1 aliphatic rings. The van der Waals surface area contributed by atoms with E-state index >= 15 is 0 Å². The first-order chi connectivity index (χ1) is 9.52. The number of hydrogen-bond acceptors (Lipinski definition) is 4. The van der Waals surface area contributed by atoms with E-state index in [4.69, 9.17) is 0 Å². The Bertz CT molecular complexity index is 919. The Morgan fingerprint density at radius 3 is 2.85 bits per heavy atom. The lowest BCUT2D eigenvalue weighted by Crippen LogP contribution is -2.30. The topological polar surface area (TPSA) is 82.5 Å². The molecule has 5 nitrogen and oxygen atoms in total. The molecule has 1 aromatic carbocycles. The lowest BCUT2D eigenvalue weighted by Gasteiger charge is -2.03. The van der Waals surface area contributed by atoms with Crippen molar-refractivity contribution < 1.29 is 9.90 Å². The second-order valence-electron chi connectivity index (χ2n) is 4.45. The Balaban J connectivity index is 2.19. The lowest BCUT2D eigenvalue weighted by atomic mass is 10.1. The lowest BCUT2D eigenvalue weighted by molar-refractivity contribution is -0.114. The molecule has 2 aromatic rings. The van der Waals surface area contributed by atoms with Gasteiger partial charge in [-0.25, -0.2) is 4.99 Å². The van der Waals surface area contributed by atoms with Crippen LogP contribution >= 0.6 is 11.3 Å². The summed E-state index contributed by atoms with van der Waals surface area (Å²) >= 11 is 0.843. The Morgan fingerprint density at radius 1 is 1.35 bits per heavy atom. The van der Waals surface area contributed by atoms with Gasteiger partial charge in [-0.3, -0.25) is 14.6 Å². The molecule has 0 fully saturated rings. The van der Waals surface area contributed by atoms with Crippen LogP contribution in [0.15, 0.2) is 33.6 Å². The monoisotopic (exact) mass is 286 g/mol. The van der Waals surface area contributed by atoms with Crippen molar-refractivity contribution in [2.24, 2.45) is 4.99 Å². The number of thiazole rings is 1. The van der Waals surface area contributed by atoms with E-state index in [1.54, 1.807) is 12.1 Å². The minimum Gasteiger partial charge on any atom is -0.493 e. The quantitative estimate of drug-likeness (QED) is 0.748. The van der Waals surface area contributed by atoms with Crippen LogP contribution in [0.4, 0.5) is 0 Å². The summed E-state index contributed by atoms with van der Waals surface area (Å²) in [7, 11) is 0. The minimum absolute atomic E-state index is 0.233. The van der Waals surface area contributed by atoms with Gasteiger partial charge in [0, 0.05) is 10.8 Å². The molecule has 0 radical (unpaired) electrons. The van der Waals surface area contributed by atoms with Crippen molar-refractivity contribution >= 4 is 29.4 Å². The van der Waals surface area contributed by atoms with Crippen LogP contribution in [0.25, 0.3) is 12.2 Å². The largest absolute Gasteiger partial charge is 0.493 e. The zero-order valence-electron chi connectivity index (χ0n) is 10.5. The van der Waals surface area contributed by atoms with Crippen LogP contribution in [0, 0.1) is 6.92 Å². The zero-order chi connectivity index (χ0) is 14.3. The maximum atomic E-state index is 11.9. The molecular weight excluding hydrogens is 276 g/mol. The summed E-state index contributed by atoms with van der Waals surface area (Å²) in [6, 6.07) is 5.61. The average Bonchev–Trinajstić information content (AvgIpc) is 2.69. The first-order valence-electron chi connectivity index (χ1n) is 5.88. The van der Waals surface area contributed by atoms with Crippen LogP contribution in [0.3, 0.4) is 0 Å². The van der Waals surface area contributed by atoms with Crippen molar-refractivity contribution in [3.05, 3.63) is 54.5 Å². The number of rotatable bonds is 1. The van der Waals surface area contributed by atoms with Gasteiger partial charge < -0.3 is 5.11 Å².